The first kappa shape index (κ1) is 21.3. The van der Waals surface area contributed by atoms with Gasteiger partial charge in [0.25, 0.3) is 10.0 Å². The number of hydrogen-bond acceptors (Lipinski definition) is 5. The standard InChI is InChI=1S/C20H28N4O4S/c1-15-5-7-17(8-6-15)29(27,28)24-13-10-21-20(26)18(24)14-19(25)22-16-4-3-11-23(2)12-9-16/h5-8,10,13,16,18H,3-4,9,11-12,14H2,1-2H3,(H,21,26)(H,22,25)/t16?,18-/m1/s1. The Morgan fingerprint density at radius 1 is 1.21 bits per heavy atom. The van der Waals surface area contributed by atoms with Crippen LogP contribution in [-0.4, -0.2) is 61.7 Å². The van der Waals surface area contributed by atoms with E-state index in [4.69, 9.17) is 0 Å². The predicted octanol–water partition coefficient (Wildman–Crippen LogP) is 0.946. The zero-order chi connectivity index (χ0) is 21.0. The summed E-state index contributed by atoms with van der Waals surface area (Å²) >= 11 is 0. The van der Waals surface area contributed by atoms with E-state index in [1.165, 1.54) is 24.5 Å². The van der Waals surface area contributed by atoms with Crippen LogP contribution in [0, 0.1) is 6.92 Å². The molecular weight excluding hydrogens is 392 g/mol. The second-order valence-electron chi connectivity index (χ2n) is 7.69. The quantitative estimate of drug-likeness (QED) is 0.739. The molecule has 29 heavy (non-hydrogen) atoms. The summed E-state index contributed by atoms with van der Waals surface area (Å²) in [6, 6.07) is 5.32. The molecule has 2 aliphatic rings. The van der Waals surface area contributed by atoms with Crippen LogP contribution < -0.4 is 10.6 Å². The minimum atomic E-state index is -3.95. The number of sulfonamides is 1. The van der Waals surface area contributed by atoms with Gasteiger partial charge in [-0.05, 0) is 58.5 Å². The highest BCUT2D eigenvalue weighted by Crippen LogP contribution is 2.23. The minimum Gasteiger partial charge on any atom is -0.353 e. The summed E-state index contributed by atoms with van der Waals surface area (Å²) in [5.41, 5.74) is 0.931. The van der Waals surface area contributed by atoms with Crippen molar-refractivity contribution < 1.29 is 18.0 Å². The summed E-state index contributed by atoms with van der Waals surface area (Å²) in [4.78, 5) is 27.3. The van der Waals surface area contributed by atoms with E-state index < -0.39 is 22.0 Å². The Hall–Kier alpha value is -2.39. The number of rotatable bonds is 5. The van der Waals surface area contributed by atoms with Gasteiger partial charge < -0.3 is 15.5 Å². The molecule has 9 heteroatoms. The molecule has 0 radical (unpaired) electrons. The van der Waals surface area contributed by atoms with Crippen molar-refractivity contribution in [3.05, 3.63) is 42.2 Å². The van der Waals surface area contributed by atoms with Gasteiger partial charge in [0.05, 0.1) is 11.3 Å². The Labute approximate surface area is 172 Å². The molecule has 2 atom stereocenters. The molecule has 158 valence electrons. The Balaban J connectivity index is 1.73. The van der Waals surface area contributed by atoms with Crippen molar-refractivity contribution in [3.8, 4) is 0 Å². The molecule has 2 aliphatic heterocycles. The SMILES string of the molecule is Cc1ccc(S(=O)(=O)N2C=CNC(=O)[C@H]2CC(=O)NC2CCCN(C)CC2)cc1. The van der Waals surface area contributed by atoms with Crippen LogP contribution in [0.4, 0.5) is 0 Å². The van der Waals surface area contributed by atoms with Gasteiger partial charge in [-0.1, -0.05) is 17.7 Å². The van der Waals surface area contributed by atoms with Gasteiger partial charge in [-0.25, -0.2) is 8.42 Å². The van der Waals surface area contributed by atoms with Crippen molar-refractivity contribution in [2.75, 3.05) is 20.1 Å². The fraction of sp³-hybridized carbons (Fsp3) is 0.500. The molecule has 1 saturated heterocycles. The first-order chi connectivity index (χ1) is 13.8. The maximum absolute atomic E-state index is 13.1. The molecule has 1 unspecified atom stereocenters. The lowest BCUT2D eigenvalue weighted by Crippen LogP contribution is -2.51. The second kappa shape index (κ2) is 8.96. The van der Waals surface area contributed by atoms with Crippen molar-refractivity contribution in [2.24, 2.45) is 0 Å². The predicted molar refractivity (Wildman–Crippen MR) is 109 cm³/mol. The van der Waals surface area contributed by atoms with E-state index in [2.05, 4.69) is 22.6 Å². The van der Waals surface area contributed by atoms with Crippen LogP contribution in [-0.2, 0) is 19.6 Å². The summed E-state index contributed by atoms with van der Waals surface area (Å²) in [5.74, 6) is -0.835. The Bertz CT molecular complexity index is 882. The summed E-state index contributed by atoms with van der Waals surface area (Å²) in [5, 5.41) is 5.48. The molecule has 0 saturated carbocycles. The number of hydrogen-bond donors (Lipinski definition) is 2. The van der Waals surface area contributed by atoms with Crippen LogP contribution in [0.25, 0.3) is 0 Å². The number of carbonyl (C=O) groups excluding carboxylic acids is 2. The highest BCUT2D eigenvalue weighted by atomic mass is 32.2. The van der Waals surface area contributed by atoms with Crippen molar-refractivity contribution >= 4 is 21.8 Å². The molecule has 2 N–H and O–H groups in total. The lowest BCUT2D eigenvalue weighted by Gasteiger charge is -2.31. The average molecular weight is 421 g/mol. The molecule has 1 fully saturated rings. The molecular formula is C20H28N4O4S. The first-order valence-electron chi connectivity index (χ1n) is 9.82. The molecule has 0 spiro atoms. The molecule has 8 nitrogen and oxygen atoms in total. The third-order valence-electron chi connectivity index (χ3n) is 5.35. The normalized spacial score (nSPS) is 23.4. The summed E-state index contributed by atoms with van der Waals surface area (Å²) in [6.07, 6.45) is 5.05. The van der Waals surface area contributed by atoms with E-state index in [0.29, 0.717) is 0 Å². The van der Waals surface area contributed by atoms with E-state index in [9.17, 15) is 18.0 Å². The van der Waals surface area contributed by atoms with Crippen molar-refractivity contribution in [2.45, 2.75) is 49.6 Å². The molecule has 2 heterocycles. The Morgan fingerprint density at radius 3 is 2.66 bits per heavy atom. The molecule has 0 aliphatic carbocycles. The van der Waals surface area contributed by atoms with Gasteiger partial charge in [-0.3, -0.25) is 13.9 Å². The largest absolute Gasteiger partial charge is 0.353 e. The lowest BCUT2D eigenvalue weighted by molar-refractivity contribution is -0.129. The highest BCUT2D eigenvalue weighted by molar-refractivity contribution is 7.89. The lowest BCUT2D eigenvalue weighted by atomic mass is 10.1. The number of amides is 2. The number of nitrogens with one attached hydrogen (secondary N) is 2. The van der Waals surface area contributed by atoms with E-state index in [1.807, 2.05) is 6.92 Å². The van der Waals surface area contributed by atoms with E-state index >= 15 is 0 Å². The van der Waals surface area contributed by atoms with Crippen LogP contribution in [0.3, 0.4) is 0 Å². The van der Waals surface area contributed by atoms with Gasteiger partial charge in [0.1, 0.15) is 6.04 Å². The molecule has 0 bridgehead atoms. The molecule has 1 aromatic rings. The fourth-order valence-corrected chi connectivity index (χ4v) is 5.07. The van der Waals surface area contributed by atoms with E-state index in [0.717, 1.165) is 42.2 Å². The number of carbonyl (C=O) groups is 2. The van der Waals surface area contributed by atoms with Gasteiger partial charge in [-0.15, -0.1) is 0 Å². The van der Waals surface area contributed by atoms with Gasteiger partial charge in [-0.2, -0.15) is 0 Å². The zero-order valence-corrected chi connectivity index (χ0v) is 17.6. The maximum atomic E-state index is 13.1. The van der Waals surface area contributed by atoms with Crippen molar-refractivity contribution in [3.63, 3.8) is 0 Å². The van der Waals surface area contributed by atoms with Crippen molar-refractivity contribution in [1.82, 2.24) is 19.8 Å². The number of likely N-dealkylation sites (tertiary alicyclic amines) is 1. The van der Waals surface area contributed by atoms with Crippen LogP contribution in [0.2, 0.25) is 0 Å². The number of aryl methyl sites for hydroxylation is 1. The maximum Gasteiger partial charge on any atom is 0.264 e. The molecule has 0 aromatic heterocycles. The fourth-order valence-electron chi connectivity index (χ4n) is 3.62. The average Bonchev–Trinajstić information content (AvgIpc) is 2.88. The van der Waals surface area contributed by atoms with E-state index in [1.54, 1.807) is 12.1 Å². The minimum absolute atomic E-state index is 0.0387. The summed E-state index contributed by atoms with van der Waals surface area (Å²) in [6.45, 7) is 3.75. The molecule has 2 amide bonds. The smallest absolute Gasteiger partial charge is 0.264 e. The summed E-state index contributed by atoms with van der Waals surface area (Å²) < 4.78 is 27.1. The van der Waals surface area contributed by atoms with Crippen molar-refractivity contribution in [1.29, 1.82) is 0 Å². The Morgan fingerprint density at radius 2 is 1.93 bits per heavy atom. The van der Waals surface area contributed by atoms with Crippen LogP contribution in [0.5, 0.6) is 0 Å². The highest BCUT2D eigenvalue weighted by Gasteiger charge is 2.37. The topological polar surface area (TPSA) is 98.8 Å². The van der Waals surface area contributed by atoms with Gasteiger partial charge >= 0.3 is 0 Å². The first-order valence-corrected chi connectivity index (χ1v) is 11.3. The van der Waals surface area contributed by atoms with Gasteiger partial charge in [0.15, 0.2) is 0 Å². The Kier molecular flexibility index (Phi) is 6.59. The summed E-state index contributed by atoms with van der Waals surface area (Å²) in [7, 11) is -1.90. The third kappa shape index (κ3) is 5.16. The third-order valence-corrected chi connectivity index (χ3v) is 7.15. The van der Waals surface area contributed by atoms with Crippen LogP contribution in [0.15, 0.2) is 41.6 Å². The number of nitrogens with zero attached hydrogens (tertiary/aromatic N) is 2. The van der Waals surface area contributed by atoms with Gasteiger partial charge in [0.2, 0.25) is 11.8 Å². The van der Waals surface area contributed by atoms with Gasteiger partial charge in [0, 0.05) is 18.4 Å². The van der Waals surface area contributed by atoms with Crippen LogP contribution in [0.1, 0.15) is 31.2 Å². The zero-order valence-electron chi connectivity index (χ0n) is 16.8. The van der Waals surface area contributed by atoms with E-state index in [-0.39, 0.29) is 23.3 Å². The molecule has 3 rings (SSSR count). The number of benzene rings is 1. The molecule has 1 aromatic carbocycles. The second-order valence-corrected chi connectivity index (χ2v) is 9.53. The van der Waals surface area contributed by atoms with Crippen LogP contribution >= 0.6 is 0 Å². The monoisotopic (exact) mass is 420 g/mol.